The van der Waals surface area contributed by atoms with Gasteiger partial charge < -0.3 is 4.74 Å². The molecule has 0 aliphatic carbocycles. The lowest BCUT2D eigenvalue weighted by Gasteiger charge is -2.07. The van der Waals surface area contributed by atoms with Crippen molar-refractivity contribution in [3.8, 4) is 22.6 Å². The van der Waals surface area contributed by atoms with Crippen molar-refractivity contribution in [3.05, 3.63) is 83.7 Å². The van der Waals surface area contributed by atoms with Gasteiger partial charge in [0.15, 0.2) is 0 Å². The molecule has 0 aliphatic heterocycles. The van der Waals surface area contributed by atoms with Gasteiger partial charge in [-0.3, -0.25) is 0 Å². The average molecular weight is 443 g/mol. The van der Waals surface area contributed by atoms with Crippen LogP contribution < -0.4 is 4.74 Å². The first kappa shape index (κ1) is 22.6. The predicted octanol–water partition coefficient (Wildman–Crippen LogP) is 10.0. The number of unbranched alkanes of at least 4 members (excludes halogenated alkanes) is 7. The molecular weight excluding hydrogens is 408 g/mol. The van der Waals surface area contributed by atoms with Crippen molar-refractivity contribution in [1.82, 2.24) is 0 Å². The van der Waals surface area contributed by atoms with E-state index in [4.69, 9.17) is 4.74 Å². The summed E-state index contributed by atoms with van der Waals surface area (Å²) in [5, 5.41) is 3.28. The van der Waals surface area contributed by atoms with Gasteiger partial charge in [-0.05, 0) is 53.8 Å². The molecule has 0 fully saturated rings. The van der Waals surface area contributed by atoms with Gasteiger partial charge in [-0.2, -0.15) is 0 Å². The van der Waals surface area contributed by atoms with Gasteiger partial charge in [0.05, 0.1) is 0 Å². The van der Waals surface area contributed by atoms with Crippen molar-refractivity contribution in [2.24, 2.45) is 0 Å². The number of para-hydroxylation sites is 1. The van der Waals surface area contributed by atoms with Gasteiger partial charge in [-0.15, -0.1) is 11.3 Å². The maximum atomic E-state index is 6.08. The zero-order valence-electron chi connectivity index (χ0n) is 19.2. The first-order valence-corrected chi connectivity index (χ1v) is 13.0. The van der Waals surface area contributed by atoms with Crippen LogP contribution in [0, 0.1) is 0 Å². The molecule has 166 valence electrons. The molecule has 0 atom stereocenters. The number of fused-ring (bicyclic) bond motifs is 1. The fraction of sp³-hybridized carbons (Fsp3) is 0.333. The summed E-state index contributed by atoms with van der Waals surface area (Å²) in [6.45, 7) is 2.28. The van der Waals surface area contributed by atoms with E-state index in [1.54, 1.807) is 11.3 Å². The van der Waals surface area contributed by atoms with Gasteiger partial charge in [-0.1, -0.05) is 100 Å². The van der Waals surface area contributed by atoms with Crippen LogP contribution in [0.5, 0.6) is 11.5 Å². The summed E-state index contributed by atoms with van der Waals surface area (Å²) in [5.41, 5.74) is 4.00. The second-order valence-electron chi connectivity index (χ2n) is 8.65. The first-order valence-electron chi connectivity index (χ1n) is 12.2. The van der Waals surface area contributed by atoms with Gasteiger partial charge in [0.1, 0.15) is 11.5 Å². The molecule has 0 saturated heterocycles. The summed E-state index contributed by atoms with van der Waals surface area (Å²) in [4.78, 5) is 0. The van der Waals surface area contributed by atoms with Crippen LogP contribution in [0.15, 0.2) is 78.2 Å². The zero-order chi connectivity index (χ0) is 22.0. The number of thiophene rings is 1. The minimum atomic E-state index is 0.878. The lowest BCUT2D eigenvalue weighted by Crippen LogP contribution is -1.87. The molecule has 0 bridgehead atoms. The number of hydrogen-bond donors (Lipinski definition) is 0. The smallest absolute Gasteiger partial charge is 0.145 e. The highest BCUT2D eigenvalue weighted by molar-refractivity contribution is 7.17. The monoisotopic (exact) mass is 442 g/mol. The summed E-state index contributed by atoms with van der Waals surface area (Å²) in [7, 11) is 0. The van der Waals surface area contributed by atoms with Crippen LogP contribution in [0.4, 0.5) is 0 Å². The SMILES string of the molecule is CCCCCCCCCCc1ccc(-c2ccc3c(Oc4ccccc4)csc3c2)cc1. The Morgan fingerprint density at radius 1 is 0.688 bits per heavy atom. The molecule has 2 heteroatoms. The van der Waals surface area contributed by atoms with Crippen LogP contribution in [0.1, 0.15) is 63.9 Å². The van der Waals surface area contributed by atoms with Gasteiger partial charge >= 0.3 is 0 Å². The van der Waals surface area contributed by atoms with Crippen LogP contribution >= 0.6 is 11.3 Å². The van der Waals surface area contributed by atoms with Crippen LogP contribution in [0.2, 0.25) is 0 Å². The molecule has 0 spiro atoms. The summed E-state index contributed by atoms with van der Waals surface area (Å²) in [6, 6.07) is 25.8. The van der Waals surface area contributed by atoms with E-state index in [1.807, 2.05) is 30.3 Å². The van der Waals surface area contributed by atoms with Crippen molar-refractivity contribution in [1.29, 1.82) is 0 Å². The second-order valence-corrected chi connectivity index (χ2v) is 9.56. The number of benzene rings is 3. The van der Waals surface area contributed by atoms with Gasteiger partial charge in [0, 0.05) is 15.5 Å². The highest BCUT2D eigenvalue weighted by atomic mass is 32.1. The Hall–Kier alpha value is -2.58. The molecule has 0 N–H and O–H groups in total. The Labute approximate surface area is 197 Å². The third kappa shape index (κ3) is 6.23. The fourth-order valence-corrected chi connectivity index (χ4v) is 5.10. The Morgan fingerprint density at radius 2 is 1.38 bits per heavy atom. The molecular formula is C30H34OS. The third-order valence-corrected chi connectivity index (χ3v) is 7.04. The largest absolute Gasteiger partial charge is 0.456 e. The van der Waals surface area contributed by atoms with Crippen molar-refractivity contribution >= 4 is 21.4 Å². The molecule has 1 nitrogen and oxygen atoms in total. The fourth-order valence-electron chi connectivity index (χ4n) is 4.20. The summed E-state index contributed by atoms with van der Waals surface area (Å²) in [6.07, 6.45) is 12.2. The van der Waals surface area contributed by atoms with Crippen molar-refractivity contribution in [3.63, 3.8) is 0 Å². The molecule has 32 heavy (non-hydrogen) atoms. The van der Waals surface area contributed by atoms with Gasteiger partial charge in [0.25, 0.3) is 0 Å². The number of hydrogen-bond acceptors (Lipinski definition) is 2. The van der Waals surface area contributed by atoms with E-state index in [2.05, 4.69) is 54.8 Å². The Morgan fingerprint density at radius 3 is 2.12 bits per heavy atom. The Bertz CT molecular complexity index is 1080. The van der Waals surface area contributed by atoms with E-state index in [9.17, 15) is 0 Å². The zero-order valence-corrected chi connectivity index (χ0v) is 20.0. The predicted molar refractivity (Wildman–Crippen MR) is 140 cm³/mol. The molecule has 4 rings (SSSR count). The molecule has 1 heterocycles. The molecule has 1 aromatic heterocycles. The van der Waals surface area contributed by atoms with Gasteiger partial charge in [-0.25, -0.2) is 0 Å². The molecule has 0 amide bonds. The van der Waals surface area contributed by atoms with Crippen LogP contribution in [-0.2, 0) is 6.42 Å². The highest BCUT2D eigenvalue weighted by Gasteiger charge is 2.08. The minimum absolute atomic E-state index is 0.878. The van der Waals surface area contributed by atoms with Crippen molar-refractivity contribution in [2.75, 3.05) is 0 Å². The third-order valence-electron chi connectivity index (χ3n) is 6.12. The lowest BCUT2D eigenvalue weighted by atomic mass is 10.00. The lowest BCUT2D eigenvalue weighted by molar-refractivity contribution is 0.490. The van der Waals surface area contributed by atoms with E-state index in [0.29, 0.717) is 0 Å². The first-order chi connectivity index (χ1) is 15.8. The minimum Gasteiger partial charge on any atom is -0.456 e. The molecule has 0 aliphatic rings. The molecule has 0 saturated carbocycles. The Kier molecular flexibility index (Phi) is 8.39. The van der Waals surface area contributed by atoms with Crippen molar-refractivity contribution < 1.29 is 4.74 Å². The number of aryl methyl sites for hydroxylation is 1. The van der Waals surface area contributed by atoms with Gasteiger partial charge in [0.2, 0.25) is 0 Å². The van der Waals surface area contributed by atoms with E-state index >= 15 is 0 Å². The van der Waals surface area contributed by atoms with Crippen LogP contribution in [0.3, 0.4) is 0 Å². The maximum Gasteiger partial charge on any atom is 0.145 e. The quantitative estimate of drug-likeness (QED) is 0.198. The highest BCUT2D eigenvalue weighted by Crippen LogP contribution is 2.37. The Balaban J connectivity index is 1.31. The van der Waals surface area contributed by atoms with E-state index in [0.717, 1.165) is 11.5 Å². The van der Waals surface area contributed by atoms with E-state index in [-0.39, 0.29) is 0 Å². The standard InChI is InChI=1S/C30H34OS/c1-2-3-4-5-6-7-8-10-13-24-16-18-25(19-17-24)26-20-21-28-29(23-32-30(28)22-26)31-27-14-11-9-12-15-27/h9,11-12,14-23H,2-8,10,13H2,1H3. The summed E-state index contributed by atoms with van der Waals surface area (Å²) >= 11 is 1.74. The molecule has 4 aromatic rings. The number of rotatable bonds is 12. The summed E-state index contributed by atoms with van der Waals surface area (Å²) in [5.74, 6) is 1.81. The summed E-state index contributed by atoms with van der Waals surface area (Å²) < 4.78 is 7.34. The van der Waals surface area contributed by atoms with E-state index in [1.165, 1.54) is 84.6 Å². The normalized spacial score (nSPS) is 11.2. The number of ether oxygens (including phenoxy) is 1. The van der Waals surface area contributed by atoms with E-state index < -0.39 is 0 Å². The molecule has 0 radical (unpaired) electrons. The van der Waals surface area contributed by atoms with Crippen LogP contribution in [0.25, 0.3) is 21.2 Å². The molecule has 0 unspecified atom stereocenters. The molecule has 3 aromatic carbocycles. The topological polar surface area (TPSA) is 9.23 Å². The average Bonchev–Trinajstić information content (AvgIpc) is 3.24. The van der Waals surface area contributed by atoms with Crippen LogP contribution in [-0.4, -0.2) is 0 Å². The maximum absolute atomic E-state index is 6.08. The second kappa shape index (κ2) is 11.9. The van der Waals surface area contributed by atoms with Crippen molar-refractivity contribution in [2.45, 2.75) is 64.7 Å².